The second-order valence-electron chi connectivity index (χ2n) is 5.23. The zero-order valence-corrected chi connectivity index (χ0v) is 12.9. The molecule has 0 saturated carbocycles. The summed E-state index contributed by atoms with van der Waals surface area (Å²) in [5.74, 6) is -0.202. The van der Waals surface area contributed by atoms with Crippen LogP contribution in [0.3, 0.4) is 0 Å². The Morgan fingerprint density at radius 1 is 1.30 bits per heavy atom. The van der Waals surface area contributed by atoms with Crippen molar-refractivity contribution in [3.05, 3.63) is 30.3 Å². The Kier molecular flexibility index (Phi) is 6.52. The van der Waals surface area contributed by atoms with Crippen LogP contribution in [0, 0.1) is 5.41 Å². The number of ether oxygens (including phenoxy) is 1. The highest BCUT2D eigenvalue weighted by Crippen LogP contribution is 2.31. The zero-order valence-electron chi connectivity index (χ0n) is 12.1. The molecular formula is C15H22O4S. The Hall–Kier alpha value is -1.04. The van der Waals surface area contributed by atoms with Gasteiger partial charge in [0.05, 0.1) is 12.7 Å². The molecule has 20 heavy (non-hydrogen) atoms. The summed E-state index contributed by atoms with van der Waals surface area (Å²) < 4.78 is 4.73. The maximum atomic E-state index is 11.5. The van der Waals surface area contributed by atoms with E-state index in [1.54, 1.807) is 18.7 Å². The van der Waals surface area contributed by atoms with Gasteiger partial charge in [-0.25, -0.2) is 4.79 Å². The number of esters is 1. The molecule has 0 heterocycles. The van der Waals surface area contributed by atoms with Gasteiger partial charge in [-0.15, -0.1) is 11.8 Å². The van der Waals surface area contributed by atoms with Gasteiger partial charge in [0.2, 0.25) is 0 Å². The Morgan fingerprint density at radius 3 is 2.45 bits per heavy atom. The fraction of sp³-hybridized carbons (Fsp3) is 0.533. The lowest BCUT2D eigenvalue weighted by atomic mass is 9.85. The fourth-order valence-corrected chi connectivity index (χ4v) is 2.71. The maximum Gasteiger partial charge on any atom is 0.337 e. The number of hydrogen-bond donors (Lipinski definition) is 2. The summed E-state index contributed by atoms with van der Waals surface area (Å²) in [6.45, 7) is 5.47. The summed E-state index contributed by atoms with van der Waals surface area (Å²) >= 11 is 1.57. The van der Waals surface area contributed by atoms with Gasteiger partial charge in [0, 0.05) is 16.1 Å². The van der Waals surface area contributed by atoms with E-state index in [1.165, 1.54) is 0 Å². The molecule has 112 valence electrons. The predicted molar refractivity (Wildman–Crippen MR) is 79.6 cm³/mol. The van der Waals surface area contributed by atoms with Crippen LogP contribution in [0.4, 0.5) is 0 Å². The minimum Gasteiger partial charge on any atom is -0.464 e. The van der Waals surface area contributed by atoms with E-state index in [-0.39, 0.29) is 6.61 Å². The molecule has 0 fully saturated rings. The van der Waals surface area contributed by atoms with Crippen LogP contribution in [0.2, 0.25) is 0 Å². The lowest BCUT2D eigenvalue weighted by molar-refractivity contribution is -0.163. The summed E-state index contributed by atoms with van der Waals surface area (Å²) in [5.41, 5.74) is -0.618. The third kappa shape index (κ3) is 4.81. The summed E-state index contributed by atoms with van der Waals surface area (Å²) in [4.78, 5) is 12.5. The number of aliphatic hydroxyl groups is 2. The lowest BCUT2D eigenvalue weighted by Crippen LogP contribution is -2.45. The van der Waals surface area contributed by atoms with Crippen molar-refractivity contribution in [2.24, 2.45) is 5.41 Å². The molecule has 0 aromatic heterocycles. The maximum absolute atomic E-state index is 11.5. The number of rotatable bonds is 7. The summed E-state index contributed by atoms with van der Waals surface area (Å²) in [5, 5.41) is 20.0. The fourth-order valence-electron chi connectivity index (χ4n) is 1.66. The van der Waals surface area contributed by atoms with E-state index >= 15 is 0 Å². The Bertz CT molecular complexity index is 419. The standard InChI is InChI=1S/C15H22O4S/c1-4-19-14(18)12(16)13(17)15(2,3)10-20-11-8-6-5-7-9-11/h5-9,12-13,16-17H,4,10H2,1-3H3/t12-,13-/m1/s1. The van der Waals surface area contributed by atoms with Gasteiger partial charge in [-0.1, -0.05) is 32.0 Å². The third-order valence-corrected chi connectivity index (χ3v) is 4.48. The van der Waals surface area contributed by atoms with Crippen molar-refractivity contribution in [1.29, 1.82) is 0 Å². The molecule has 4 nitrogen and oxygen atoms in total. The van der Waals surface area contributed by atoms with E-state index in [0.29, 0.717) is 5.75 Å². The van der Waals surface area contributed by atoms with Crippen molar-refractivity contribution in [3.8, 4) is 0 Å². The molecule has 0 bridgehead atoms. The highest BCUT2D eigenvalue weighted by Gasteiger charge is 2.37. The van der Waals surface area contributed by atoms with E-state index in [9.17, 15) is 15.0 Å². The molecule has 1 aromatic carbocycles. The van der Waals surface area contributed by atoms with Gasteiger partial charge in [-0.2, -0.15) is 0 Å². The van der Waals surface area contributed by atoms with Crippen LogP contribution in [0.1, 0.15) is 20.8 Å². The average Bonchev–Trinajstić information content (AvgIpc) is 2.45. The number of aliphatic hydroxyl groups excluding tert-OH is 2. The lowest BCUT2D eigenvalue weighted by Gasteiger charge is -2.32. The topological polar surface area (TPSA) is 66.8 Å². The van der Waals surface area contributed by atoms with E-state index < -0.39 is 23.6 Å². The first kappa shape index (κ1) is 17.0. The molecule has 5 heteroatoms. The van der Waals surface area contributed by atoms with Crippen molar-refractivity contribution in [1.82, 2.24) is 0 Å². The minimum absolute atomic E-state index is 0.182. The van der Waals surface area contributed by atoms with Gasteiger partial charge in [-0.05, 0) is 19.1 Å². The summed E-state index contributed by atoms with van der Waals surface area (Å²) in [6.07, 6.45) is -2.68. The molecule has 0 amide bonds. The van der Waals surface area contributed by atoms with E-state index in [1.807, 2.05) is 44.2 Å². The highest BCUT2D eigenvalue weighted by atomic mass is 32.2. The summed E-state index contributed by atoms with van der Waals surface area (Å²) in [7, 11) is 0. The smallest absolute Gasteiger partial charge is 0.337 e. The number of carbonyl (C=O) groups excluding carboxylic acids is 1. The normalized spacial score (nSPS) is 14.7. The molecule has 0 radical (unpaired) electrons. The van der Waals surface area contributed by atoms with Crippen molar-refractivity contribution < 1.29 is 19.7 Å². The number of thioether (sulfide) groups is 1. The van der Waals surface area contributed by atoms with Gasteiger partial charge in [0.15, 0.2) is 6.10 Å². The van der Waals surface area contributed by atoms with Crippen LogP contribution in [0.25, 0.3) is 0 Å². The molecule has 0 spiro atoms. The van der Waals surface area contributed by atoms with Crippen molar-refractivity contribution >= 4 is 17.7 Å². The van der Waals surface area contributed by atoms with Crippen LogP contribution in [0.15, 0.2) is 35.2 Å². The Balaban J connectivity index is 2.60. The van der Waals surface area contributed by atoms with Crippen LogP contribution in [-0.2, 0) is 9.53 Å². The number of hydrogen-bond acceptors (Lipinski definition) is 5. The zero-order chi connectivity index (χ0) is 15.2. The average molecular weight is 298 g/mol. The first-order chi connectivity index (χ1) is 9.38. The van der Waals surface area contributed by atoms with Gasteiger partial charge in [0.1, 0.15) is 0 Å². The molecule has 0 saturated heterocycles. The molecule has 0 aliphatic rings. The Morgan fingerprint density at radius 2 is 1.90 bits per heavy atom. The Labute approximate surface area is 124 Å². The molecule has 0 aliphatic carbocycles. The molecule has 0 unspecified atom stereocenters. The van der Waals surface area contributed by atoms with Gasteiger partial charge < -0.3 is 14.9 Å². The van der Waals surface area contributed by atoms with Gasteiger partial charge in [-0.3, -0.25) is 0 Å². The molecule has 2 atom stereocenters. The van der Waals surface area contributed by atoms with Gasteiger partial charge >= 0.3 is 5.97 Å². The second-order valence-corrected chi connectivity index (χ2v) is 6.28. The van der Waals surface area contributed by atoms with Gasteiger partial charge in [0.25, 0.3) is 0 Å². The number of carbonyl (C=O) groups is 1. The quantitative estimate of drug-likeness (QED) is 0.596. The summed E-state index contributed by atoms with van der Waals surface area (Å²) in [6, 6.07) is 9.79. The van der Waals surface area contributed by atoms with Crippen molar-refractivity contribution in [2.75, 3.05) is 12.4 Å². The van der Waals surface area contributed by atoms with Crippen LogP contribution < -0.4 is 0 Å². The first-order valence-electron chi connectivity index (χ1n) is 6.59. The molecule has 1 rings (SSSR count). The SMILES string of the molecule is CCOC(=O)[C@H](O)[C@@H](O)C(C)(C)CSc1ccccc1. The van der Waals surface area contributed by atoms with E-state index in [4.69, 9.17) is 4.74 Å². The van der Waals surface area contributed by atoms with Crippen molar-refractivity contribution in [2.45, 2.75) is 37.9 Å². The molecule has 0 aliphatic heterocycles. The molecular weight excluding hydrogens is 276 g/mol. The monoisotopic (exact) mass is 298 g/mol. The van der Waals surface area contributed by atoms with Crippen LogP contribution in [0.5, 0.6) is 0 Å². The first-order valence-corrected chi connectivity index (χ1v) is 7.57. The van der Waals surface area contributed by atoms with E-state index in [0.717, 1.165) is 4.90 Å². The molecule has 2 N–H and O–H groups in total. The van der Waals surface area contributed by atoms with Crippen molar-refractivity contribution in [3.63, 3.8) is 0 Å². The van der Waals surface area contributed by atoms with Crippen LogP contribution in [-0.4, -0.2) is 40.8 Å². The second kappa shape index (κ2) is 7.67. The largest absolute Gasteiger partial charge is 0.464 e. The van der Waals surface area contributed by atoms with E-state index in [2.05, 4.69) is 0 Å². The minimum atomic E-state index is -1.51. The predicted octanol–water partition coefficient (Wildman–Crippen LogP) is 2.09. The number of benzene rings is 1. The third-order valence-electron chi connectivity index (χ3n) is 2.98. The molecule has 1 aromatic rings. The van der Waals surface area contributed by atoms with Crippen LogP contribution >= 0.6 is 11.8 Å². The highest BCUT2D eigenvalue weighted by molar-refractivity contribution is 7.99.